The molecule has 0 radical (unpaired) electrons. The van der Waals surface area contributed by atoms with Gasteiger partial charge in [-0.05, 0) is 44.2 Å². The fraction of sp³-hybridized carbons (Fsp3) is 0.500. The van der Waals surface area contributed by atoms with E-state index in [1.165, 1.54) is 5.69 Å². The molecule has 3 aromatic rings. The first kappa shape index (κ1) is 18.4. The summed E-state index contributed by atoms with van der Waals surface area (Å²) in [6.45, 7) is 4.82. The molecule has 29 heavy (non-hydrogen) atoms. The summed E-state index contributed by atoms with van der Waals surface area (Å²) in [6.07, 6.45) is 8.87. The van der Waals surface area contributed by atoms with Crippen LogP contribution in [0.5, 0.6) is 0 Å². The van der Waals surface area contributed by atoms with Crippen LogP contribution in [0.25, 0.3) is 21.9 Å². The van der Waals surface area contributed by atoms with E-state index in [4.69, 9.17) is 0 Å². The number of aromatic amines is 1. The highest BCUT2D eigenvalue weighted by Gasteiger charge is 2.35. The molecule has 0 saturated carbocycles. The molecule has 0 aromatic carbocycles. The van der Waals surface area contributed by atoms with Gasteiger partial charge in [0.2, 0.25) is 5.91 Å². The second-order valence-electron chi connectivity index (χ2n) is 8.79. The maximum atomic E-state index is 12.6. The van der Waals surface area contributed by atoms with E-state index in [2.05, 4.69) is 32.0 Å². The number of likely N-dealkylation sites (tertiary alicyclic amines) is 1. The van der Waals surface area contributed by atoms with Crippen LogP contribution in [0, 0.1) is 5.92 Å². The first-order valence-electron chi connectivity index (χ1n) is 10.5. The van der Waals surface area contributed by atoms with Gasteiger partial charge in [0.15, 0.2) is 0 Å². The Morgan fingerprint density at radius 1 is 1.28 bits per heavy atom. The molecular formula is C22H27N5O2. The Morgan fingerprint density at radius 2 is 2.10 bits per heavy atom. The second kappa shape index (κ2) is 6.99. The lowest BCUT2D eigenvalue weighted by atomic mass is 9.92. The molecule has 3 aromatic heterocycles. The van der Waals surface area contributed by atoms with Crippen molar-refractivity contribution in [2.45, 2.75) is 38.2 Å². The monoisotopic (exact) mass is 393 g/mol. The summed E-state index contributed by atoms with van der Waals surface area (Å²) >= 11 is 0. The minimum Gasteiger partial charge on any atom is -0.388 e. The Hall–Kier alpha value is -2.67. The minimum absolute atomic E-state index is 0.190. The predicted octanol–water partition coefficient (Wildman–Crippen LogP) is 2.70. The molecule has 2 N–H and O–H groups in total. The molecule has 1 atom stereocenters. The topological polar surface area (TPSA) is 85.3 Å². The summed E-state index contributed by atoms with van der Waals surface area (Å²) in [5.74, 6) is 0.599. The van der Waals surface area contributed by atoms with Crippen molar-refractivity contribution in [1.29, 1.82) is 0 Å². The zero-order valence-corrected chi connectivity index (χ0v) is 16.8. The van der Waals surface area contributed by atoms with Crippen molar-refractivity contribution in [3.63, 3.8) is 0 Å². The van der Waals surface area contributed by atoms with Gasteiger partial charge in [-0.2, -0.15) is 0 Å². The molecule has 0 spiro atoms. The van der Waals surface area contributed by atoms with Crippen molar-refractivity contribution in [1.82, 2.24) is 19.9 Å². The number of carbonyl (C=O) groups is 1. The largest absolute Gasteiger partial charge is 0.388 e. The molecule has 0 aliphatic carbocycles. The van der Waals surface area contributed by atoms with Crippen molar-refractivity contribution in [3.8, 4) is 0 Å². The van der Waals surface area contributed by atoms with Gasteiger partial charge < -0.3 is 19.9 Å². The average Bonchev–Trinajstić information content (AvgIpc) is 3.34. The number of amides is 1. The summed E-state index contributed by atoms with van der Waals surface area (Å²) in [5, 5.41) is 12.4. The highest BCUT2D eigenvalue weighted by Crippen LogP contribution is 2.34. The van der Waals surface area contributed by atoms with Crippen LogP contribution in [0.3, 0.4) is 0 Å². The number of hydrogen-bond donors (Lipinski definition) is 2. The number of aromatic nitrogens is 3. The van der Waals surface area contributed by atoms with Crippen molar-refractivity contribution in [3.05, 3.63) is 30.7 Å². The van der Waals surface area contributed by atoms with Gasteiger partial charge in [-0.25, -0.2) is 4.98 Å². The van der Waals surface area contributed by atoms with Crippen LogP contribution in [0.2, 0.25) is 0 Å². The van der Waals surface area contributed by atoms with Gasteiger partial charge in [0.25, 0.3) is 0 Å². The summed E-state index contributed by atoms with van der Waals surface area (Å²) < 4.78 is 0. The molecule has 0 bridgehead atoms. The van der Waals surface area contributed by atoms with Gasteiger partial charge in [-0.3, -0.25) is 9.78 Å². The number of nitrogens with one attached hydrogen (secondary N) is 1. The zero-order chi connectivity index (χ0) is 20.0. The Bertz CT molecular complexity index is 1050. The van der Waals surface area contributed by atoms with E-state index in [1.807, 2.05) is 30.4 Å². The fourth-order valence-corrected chi connectivity index (χ4v) is 4.81. The summed E-state index contributed by atoms with van der Waals surface area (Å²) in [7, 11) is 0. The third kappa shape index (κ3) is 3.44. The van der Waals surface area contributed by atoms with Gasteiger partial charge in [-0.15, -0.1) is 0 Å². The maximum absolute atomic E-state index is 12.6. The van der Waals surface area contributed by atoms with Crippen LogP contribution in [0.15, 0.2) is 30.7 Å². The molecule has 1 unspecified atom stereocenters. The summed E-state index contributed by atoms with van der Waals surface area (Å²) in [4.78, 5) is 29.0. The van der Waals surface area contributed by atoms with Crippen LogP contribution >= 0.6 is 0 Å². The van der Waals surface area contributed by atoms with E-state index >= 15 is 0 Å². The van der Waals surface area contributed by atoms with Gasteiger partial charge in [-0.1, -0.05) is 0 Å². The molecule has 2 aliphatic rings. The molecule has 2 fully saturated rings. The number of aliphatic hydroxyl groups is 1. The van der Waals surface area contributed by atoms with Gasteiger partial charge in [0.1, 0.15) is 5.65 Å². The molecule has 7 nitrogen and oxygen atoms in total. The highest BCUT2D eigenvalue weighted by atomic mass is 16.3. The number of β-amino-alcohol motifs (C(OH)–C–C–N with tert-alkyl or cyclic N) is 1. The number of piperidine rings is 1. The van der Waals surface area contributed by atoms with E-state index in [1.54, 1.807) is 0 Å². The third-order valence-electron chi connectivity index (χ3n) is 6.49. The Kier molecular flexibility index (Phi) is 4.42. The minimum atomic E-state index is -0.722. The molecule has 5 heterocycles. The van der Waals surface area contributed by atoms with Gasteiger partial charge in [0.05, 0.1) is 17.3 Å². The van der Waals surface area contributed by atoms with Gasteiger partial charge >= 0.3 is 0 Å². The Labute approximate surface area is 169 Å². The first-order valence-corrected chi connectivity index (χ1v) is 10.5. The Morgan fingerprint density at radius 3 is 2.86 bits per heavy atom. The number of rotatable bonds is 3. The van der Waals surface area contributed by atoms with E-state index in [0.717, 1.165) is 47.9 Å². The lowest BCUT2D eigenvalue weighted by Gasteiger charge is -2.34. The number of carbonyl (C=O) groups excluding carboxylic acids is 1. The van der Waals surface area contributed by atoms with Crippen molar-refractivity contribution in [2.24, 2.45) is 5.92 Å². The number of nitrogens with zero attached hydrogens (tertiary/aromatic N) is 4. The summed E-state index contributed by atoms with van der Waals surface area (Å²) in [5.41, 5.74) is 2.27. The van der Waals surface area contributed by atoms with Crippen LogP contribution < -0.4 is 4.90 Å². The van der Waals surface area contributed by atoms with Crippen LogP contribution in [0.1, 0.15) is 32.6 Å². The molecule has 152 valence electrons. The number of pyridine rings is 2. The molecule has 2 aliphatic heterocycles. The van der Waals surface area contributed by atoms with Crippen molar-refractivity contribution < 1.29 is 9.90 Å². The highest BCUT2D eigenvalue weighted by molar-refractivity contribution is 6.09. The number of H-pyrrole nitrogens is 1. The predicted molar refractivity (Wildman–Crippen MR) is 113 cm³/mol. The first-order chi connectivity index (χ1) is 14.0. The van der Waals surface area contributed by atoms with E-state index in [0.29, 0.717) is 31.8 Å². The molecule has 1 amide bonds. The molecule has 2 saturated heterocycles. The number of fused-ring (bicyclic) bond motifs is 3. The van der Waals surface area contributed by atoms with Crippen molar-refractivity contribution in [2.75, 3.05) is 31.1 Å². The quantitative estimate of drug-likeness (QED) is 0.715. The summed E-state index contributed by atoms with van der Waals surface area (Å²) in [6, 6.07) is 4.15. The maximum Gasteiger partial charge on any atom is 0.222 e. The fourth-order valence-electron chi connectivity index (χ4n) is 4.81. The normalized spacial score (nSPS) is 23.4. The molecule has 7 heteroatoms. The van der Waals surface area contributed by atoms with Gasteiger partial charge in [0, 0.05) is 61.5 Å². The van der Waals surface area contributed by atoms with Crippen LogP contribution in [-0.2, 0) is 4.79 Å². The van der Waals surface area contributed by atoms with E-state index < -0.39 is 5.60 Å². The van der Waals surface area contributed by atoms with E-state index in [-0.39, 0.29) is 5.91 Å². The van der Waals surface area contributed by atoms with Crippen LogP contribution in [0.4, 0.5) is 5.69 Å². The lowest BCUT2D eigenvalue weighted by Crippen LogP contribution is -2.38. The smallest absolute Gasteiger partial charge is 0.222 e. The number of hydrogen-bond acceptors (Lipinski definition) is 5. The van der Waals surface area contributed by atoms with E-state index in [9.17, 15) is 9.90 Å². The average molecular weight is 393 g/mol. The second-order valence-corrected chi connectivity index (χ2v) is 8.79. The third-order valence-corrected chi connectivity index (χ3v) is 6.49. The molecular weight excluding hydrogens is 366 g/mol. The SMILES string of the molecule is CC1(O)CCN(C(=O)CC2CCN(c3ccnc4cnc5[nH]ccc5c34)CC2)C1. The molecule has 5 rings (SSSR count). The Balaban J connectivity index is 1.29. The number of anilines is 1. The van der Waals surface area contributed by atoms with Crippen LogP contribution in [-0.4, -0.2) is 62.6 Å². The standard InChI is InChI=1S/C22H27N5O2/c1-22(29)6-11-27(14-22)19(28)12-15-4-9-26(10-5-15)18-3-8-23-17-13-25-21-16(20(17)18)2-7-24-21/h2-3,7-8,13,15,29H,4-6,9-12,14H2,1H3,(H,24,25). The van der Waals surface area contributed by atoms with Crippen molar-refractivity contribution >= 4 is 33.5 Å². The zero-order valence-electron chi connectivity index (χ0n) is 16.8. The lowest BCUT2D eigenvalue weighted by molar-refractivity contribution is -0.132.